The average molecular weight is 277 g/mol. The third-order valence-electron chi connectivity index (χ3n) is 3.06. The molecule has 0 radical (unpaired) electrons. The van der Waals surface area contributed by atoms with Gasteiger partial charge in [0.25, 0.3) is 0 Å². The minimum Gasteiger partial charge on any atom is -0.346 e. The molecule has 0 saturated carbocycles. The van der Waals surface area contributed by atoms with Crippen molar-refractivity contribution in [1.29, 1.82) is 0 Å². The molecule has 0 saturated heterocycles. The summed E-state index contributed by atoms with van der Waals surface area (Å²) in [5.41, 5.74) is 7.57. The minimum atomic E-state index is -0.591. The summed E-state index contributed by atoms with van der Waals surface area (Å²) in [6, 6.07) is 7.03. The maximum Gasteiger partial charge on any atom is 0.243 e. The lowest BCUT2D eigenvalue weighted by Gasteiger charge is -2.15. The van der Waals surface area contributed by atoms with E-state index in [2.05, 4.69) is 17.6 Å². The Hall–Kier alpha value is -1.88. The number of aryl methyl sites for hydroxylation is 1. The lowest BCUT2D eigenvalue weighted by Crippen LogP contribution is -2.46. The molecule has 110 valence electrons. The Kier molecular flexibility index (Phi) is 6.18. The molecule has 0 bridgehead atoms. The van der Waals surface area contributed by atoms with Crippen LogP contribution in [0.15, 0.2) is 24.3 Å². The Morgan fingerprint density at radius 2 is 2.00 bits per heavy atom. The van der Waals surface area contributed by atoms with Crippen LogP contribution in [0.2, 0.25) is 0 Å². The van der Waals surface area contributed by atoms with Crippen LogP contribution < -0.4 is 16.4 Å². The molecule has 0 heterocycles. The molecule has 0 aliphatic carbocycles. The Labute approximate surface area is 119 Å². The summed E-state index contributed by atoms with van der Waals surface area (Å²) in [6.07, 6.45) is 0.906. The summed E-state index contributed by atoms with van der Waals surface area (Å²) in [4.78, 5) is 23.4. The Balaban J connectivity index is 2.46. The highest BCUT2D eigenvalue weighted by Gasteiger charge is 2.17. The first-order chi connectivity index (χ1) is 9.43. The zero-order chi connectivity index (χ0) is 15.1. The molecule has 1 aromatic rings. The number of anilines is 1. The molecular formula is C15H23N3O2. The fourth-order valence-corrected chi connectivity index (χ4v) is 1.66. The van der Waals surface area contributed by atoms with Gasteiger partial charge in [-0.15, -0.1) is 0 Å². The SMILES string of the molecule is CCc1cccc(NC(=O)CNC(=O)[C@@H](N)C(C)C)c1. The number of hydrogen-bond acceptors (Lipinski definition) is 3. The first-order valence-electron chi connectivity index (χ1n) is 6.86. The van der Waals surface area contributed by atoms with Crippen LogP contribution in [0.5, 0.6) is 0 Å². The van der Waals surface area contributed by atoms with E-state index in [0.29, 0.717) is 0 Å². The van der Waals surface area contributed by atoms with Gasteiger partial charge in [0.2, 0.25) is 11.8 Å². The summed E-state index contributed by atoms with van der Waals surface area (Å²) in [6.45, 7) is 5.70. The van der Waals surface area contributed by atoms with Crippen molar-refractivity contribution in [2.75, 3.05) is 11.9 Å². The van der Waals surface area contributed by atoms with Crippen molar-refractivity contribution in [1.82, 2.24) is 5.32 Å². The molecule has 5 nitrogen and oxygen atoms in total. The zero-order valence-corrected chi connectivity index (χ0v) is 12.3. The number of rotatable bonds is 6. The normalized spacial score (nSPS) is 12.1. The molecular weight excluding hydrogens is 254 g/mol. The molecule has 1 atom stereocenters. The first kappa shape index (κ1) is 16.2. The number of hydrogen-bond donors (Lipinski definition) is 3. The molecule has 4 N–H and O–H groups in total. The number of nitrogens with one attached hydrogen (secondary N) is 2. The first-order valence-corrected chi connectivity index (χ1v) is 6.86. The third kappa shape index (κ3) is 5.01. The molecule has 2 amide bonds. The van der Waals surface area contributed by atoms with Gasteiger partial charge < -0.3 is 16.4 Å². The van der Waals surface area contributed by atoms with Crippen molar-refractivity contribution in [3.8, 4) is 0 Å². The molecule has 20 heavy (non-hydrogen) atoms. The van der Waals surface area contributed by atoms with Gasteiger partial charge in [0.1, 0.15) is 0 Å². The fourth-order valence-electron chi connectivity index (χ4n) is 1.66. The summed E-state index contributed by atoms with van der Waals surface area (Å²) in [5, 5.41) is 5.28. The van der Waals surface area contributed by atoms with E-state index in [1.165, 1.54) is 0 Å². The molecule has 1 rings (SSSR count). The average Bonchev–Trinajstić information content (AvgIpc) is 2.43. The molecule has 0 aliphatic rings. The van der Waals surface area contributed by atoms with E-state index in [0.717, 1.165) is 17.7 Å². The number of carbonyl (C=O) groups excluding carboxylic acids is 2. The number of carbonyl (C=O) groups is 2. The maximum atomic E-state index is 11.7. The van der Waals surface area contributed by atoms with Crippen LogP contribution in [-0.2, 0) is 16.0 Å². The van der Waals surface area contributed by atoms with E-state index < -0.39 is 6.04 Å². The van der Waals surface area contributed by atoms with E-state index >= 15 is 0 Å². The summed E-state index contributed by atoms with van der Waals surface area (Å²) >= 11 is 0. The van der Waals surface area contributed by atoms with Crippen LogP contribution in [0, 0.1) is 5.92 Å². The Morgan fingerprint density at radius 1 is 1.30 bits per heavy atom. The van der Waals surface area contributed by atoms with Gasteiger partial charge >= 0.3 is 0 Å². The lowest BCUT2D eigenvalue weighted by atomic mass is 10.1. The molecule has 0 fully saturated rings. The fraction of sp³-hybridized carbons (Fsp3) is 0.467. The quantitative estimate of drug-likeness (QED) is 0.732. The predicted octanol–water partition coefficient (Wildman–Crippen LogP) is 1.29. The summed E-state index contributed by atoms with van der Waals surface area (Å²) in [5.74, 6) is -0.528. The van der Waals surface area contributed by atoms with Gasteiger partial charge in [0.05, 0.1) is 12.6 Å². The van der Waals surface area contributed by atoms with Crippen LogP contribution >= 0.6 is 0 Å². The molecule has 0 unspecified atom stereocenters. The van der Waals surface area contributed by atoms with Gasteiger partial charge in [-0.2, -0.15) is 0 Å². The van der Waals surface area contributed by atoms with E-state index in [4.69, 9.17) is 5.73 Å². The lowest BCUT2D eigenvalue weighted by molar-refractivity contribution is -0.125. The number of amides is 2. The largest absolute Gasteiger partial charge is 0.346 e. The zero-order valence-electron chi connectivity index (χ0n) is 12.3. The minimum absolute atomic E-state index is 0.0410. The topological polar surface area (TPSA) is 84.2 Å². The van der Waals surface area contributed by atoms with E-state index in [-0.39, 0.29) is 24.3 Å². The Morgan fingerprint density at radius 3 is 2.60 bits per heavy atom. The summed E-state index contributed by atoms with van der Waals surface area (Å²) < 4.78 is 0. The second-order valence-electron chi connectivity index (χ2n) is 5.09. The van der Waals surface area contributed by atoms with Crippen molar-refractivity contribution in [2.24, 2.45) is 11.7 Å². The molecule has 0 spiro atoms. The smallest absolute Gasteiger partial charge is 0.243 e. The monoisotopic (exact) mass is 277 g/mol. The van der Waals surface area contributed by atoms with Gasteiger partial charge in [0.15, 0.2) is 0 Å². The number of nitrogens with two attached hydrogens (primary N) is 1. The van der Waals surface area contributed by atoms with Gasteiger partial charge in [-0.3, -0.25) is 9.59 Å². The highest BCUT2D eigenvalue weighted by molar-refractivity contribution is 5.95. The van der Waals surface area contributed by atoms with Crippen molar-refractivity contribution in [2.45, 2.75) is 33.2 Å². The van der Waals surface area contributed by atoms with Gasteiger partial charge in [-0.1, -0.05) is 32.9 Å². The number of benzene rings is 1. The predicted molar refractivity (Wildman–Crippen MR) is 80.3 cm³/mol. The van der Waals surface area contributed by atoms with Crippen LogP contribution in [0.1, 0.15) is 26.3 Å². The van der Waals surface area contributed by atoms with Crippen LogP contribution in [0.25, 0.3) is 0 Å². The maximum absolute atomic E-state index is 11.7. The highest BCUT2D eigenvalue weighted by atomic mass is 16.2. The van der Waals surface area contributed by atoms with Crippen molar-refractivity contribution in [3.63, 3.8) is 0 Å². The third-order valence-corrected chi connectivity index (χ3v) is 3.06. The second kappa shape index (κ2) is 7.65. The molecule has 5 heteroatoms. The molecule has 0 aromatic heterocycles. The Bertz CT molecular complexity index is 472. The van der Waals surface area contributed by atoms with Crippen molar-refractivity contribution < 1.29 is 9.59 Å². The second-order valence-corrected chi connectivity index (χ2v) is 5.09. The van der Waals surface area contributed by atoms with Crippen LogP contribution in [0.3, 0.4) is 0 Å². The van der Waals surface area contributed by atoms with Crippen LogP contribution in [-0.4, -0.2) is 24.4 Å². The van der Waals surface area contributed by atoms with Gasteiger partial charge in [-0.05, 0) is 30.0 Å². The van der Waals surface area contributed by atoms with E-state index in [1.807, 2.05) is 38.1 Å². The molecule has 0 aliphatic heterocycles. The van der Waals surface area contributed by atoms with Crippen molar-refractivity contribution in [3.05, 3.63) is 29.8 Å². The highest BCUT2D eigenvalue weighted by Crippen LogP contribution is 2.10. The van der Waals surface area contributed by atoms with Gasteiger partial charge in [0, 0.05) is 5.69 Å². The molecule has 1 aromatic carbocycles. The van der Waals surface area contributed by atoms with Crippen LogP contribution in [0.4, 0.5) is 5.69 Å². The standard InChI is InChI=1S/C15H23N3O2/c1-4-11-6-5-7-12(8-11)18-13(19)9-17-15(20)14(16)10(2)3/h5-8,10,14H,4,9,16H2,1-3H3,(H,17,20)(H,18,19)/t14-/m0/s1. The van der Waals surface area contributed by atoms with Crippen molar-refractivity contribution >= 4 is 17.5 Å². The van der Waals surface area contributed by atoms with E-state index in [1.54, 1.807) is 0 Å². The van der Waals surface area contributed by atoms with Gasteiger partial charge in [-0.25, -0.2) is 0 Å². The summed E-state index contributed by atoms with van der Waals surface area (Å²) in [7, 11) is 0. The van der Waals surface area contributed by atoms with E-state index in [9.17, 15) is 9.59 Å².